The van der Waals surface area contributed by atoms with Gasteiger partial charge in [0.05, 0.1) is 0 Å². The fourth-order valence-electron chi connectivity index (χ4n) is 2.04. The van der Waals surface area contributed by atoms with Gasteiger partial charge in [-0.05, 0) is 26.3 Å². The summed E-state index contributed by atoms with van der Waals surface area (Å²) in [5.74, 6) is -0.986. The molecular formula is C17H21N3O5S. The van der Waals surface area contributed by atoms with Gasteiger partial charge in [0.15, 0.2) is 0 Å². The molecule has 0 aliphatic rings. The number of alkyl carbamates (subject to hydrolysis) is 1. The summed E-state index contributed by atoms with van der Waals surface area (Å²) in [6, 6.07) is 8.91. The van der Waals surface area contributed by atoms with Crippen molar-refractivity contribution in [2.45, 2.75) is 44.1 Å². The van der Waals surface area contributed by atoms with Crippen molar-refractivity contribution in [3.63, 3.8) is 0 Å². The van der Waals surface area contributed by atoms with E-state index in [0.717, 1.165) is 17.3 Å². The van der Waals surface area contributed by atoms with Crippen molar-refractivity contribution in [2.75, 3.05) is 5.75 Å². The van der Waals surface area contributed by atoms with Crippen molar-refractivity contribution in [2.24, 2.45) is 0 Å². The third-order valence-corrected chi connectivity index (χ3v) is 3.82. The summed E-state index contributed by atoms with van der Waals surface area (Å²) < 4.78 is 10.8. The smallest absolute Gasteiger partial charge is 0.408 e. The molecule has 26 heavy (non-hydrogen) atoms. The number of thioether (sulfide) groups is 1. The van der Waals surface area contributed by atoms with Gasteiger partial charge in [-0.2, -0.15) is 0 Å². The fourth-order valence-corrected chi connectivity index (χ4v) is 2.53. The molecule has 0 fully saturated rings. The zero-order valence-electron chi connectivity index (χ0n) is 14.8. The Balaban J connectivity index is 2.14. The predicted octanol–water partition coefficient (Wildman–Crippen LogP) is 3.05. The van der Waals surface area contributed by atoms with Crippen LogP contribution in [-0.4, -0.2) is 38.7 Å². The van der Waals surface area contributed by atoms with Crippen LogP contribution < -0.4 is 5.32 Å². The summed E-state index contributed by atoms with van der Waals surface area (Å²) in [5.41, 5.74) is 0.324. The number of rotatable bonds is 7. The number of ether oxygens (including phenoxy) is 1. The Morgan fingerprint density at radius 1 is 1.27 bits per heavy atom. The first-order chi connectivity index (χ1) is 12.2. The minimum absolute atomic E-state index is 0.131. The number of amides is 1. The standard InChI is InChI=1S/C17H21N3O5S/c1-17(2,3)25-15(23)18-12(9-11-7-5-4-6-8-11)14-19-20-16(24-14)26-10-13(21)22/h4-8,12H,9-10H2,1-3H3,(H,18,23)(H,21,22)/t12-/m0/s1. The van der Waals surface area contributed by atoms with Gasteiger partial charge in [0.25, 0.3) is 5.22 Å². The summed E-state index contributed by atoms with van der Waals surface area (Å²) in [7, 11) is 0. The molecule has 0 unspecified atom stereocenters. The highest BCUT2D eigenvalue weighted by molar-refractivity contribution is 7.99. The predicted molar refractivity (Wildman–Crippen MR) is 94.9 cm³/mol. The van der Waals surface area contributed by atoms with Crippen molar-refractivity contribution in [1.82, 2.24) is 15.5 Å². The molecule has 2 rings (SSSR count). The van der Waals surface area contributed by atoms with Crippen molar-refractivity contribution >= 4 is 23.8 Å². The number of carbonyl (C=O) groups is 2. The number of carboxylic acids is 1. The molecule has 0 saturated carbocycles. The Morgan fingerprint density at radius 2 is 1.96 bits per heavy atom. The number of nitrogens with one attached hydrogen (secondary N) is 1. The number of nitrogens with zero attached hydrogens (tertiary/aromatic N) is 2. The second kappa shape index (κ2) is 8.70. The summed E-state index contributed by atoms with van der Waals surface area (Å²) in [6.07, 6.45) is -0.179. The lowest BCUT2D eigenvalue weighted by atomic mass is 10.1. The lowest BCUT2D eigenvalue weighted by molar-refractivity contribution is -0.133. The number of hydrogen-bond donors (Lipinski definition) is 2. The maximum atomic E-state index is 12.1. The molecule has 8 nitrogen and oxygen atoms in total. The van der Waals surface area contributed by atoms with E-state index < -0.39 is 23.7 Å². The van der Waals surface area contributed by atoms with E-state index in [1.54, 1.807) is 20.8 Å². The lowest BCUT2D eigenvalue weighted by Crippen LogP contribution is -2.36. The summed E-state index contributed by atoms with van der Waals surface area (Å²) in [5, 5.41) is 19.4. The SMILES string of the molecule is CC(C)(C)OC(=O)N[C@@H](Cc1ccccc1)c1nnc(SCC(=O)O)o1. The van der Waals surface area contributed by atoms with Crippen molar-refractivity contribution in [3.8, 4) is 0 Å². The Kier molecular flexibility index (Phi) is 6.62. The molecule has 0 saturated heterocycles. The van der Waals surface area contributed by atoms with Crippen LogP contribution in [0.5, 0.6) is 0 Å². The first-order valence-electron chi connectivity index (χ1n) is 7.94. The van der Waals surface area contributed by atoms with Gasteiger partial charge < -0.3 is 19.6 Å². The van der Waals surface area contributed by atoms with Gasteiger partial charge in [-0.15, -0.1) is 10.2 Å². The number of benzene rings is 1. The number of carboxylic acid groups (broad SMARTS) is 1. The zero-order chi connectivity index (χ0) is 19.2. The number of aliphatic carboxylic acids is 1. The third-order valence-electron chi connectivity index (χ3n) is 3.01. The van der Waals surface area contributed by atoms with Crippen LogP contribution in [0.4, 0.5) is 4.79 Å². The van der Waals surface area contributed by atoms with Crippen LogP contribution in [0.2, 0.25) is 0 Å². The topological polar surface area (TPSA) is 115 Å². The normalized spacial score (nSPS) is 12.4. The van der Waals surface area contributed by atoms with Crippen LogP contribution in [-0.2, 0) is 16.0 Å². The highest BCUT2D eigenvalue weighted by atomic mass is 32.2. The number of hydrogen-bond acceptors (Lipinski definition) is 7. The van der Waals surface area contributed by atoms with Crippen LogP contribution in [0.15, 0.2) is 40.0 Å². The molecule has 1 heterocycles. The zero-order valence-corrected chi connectivity index (χ0v) is 15.6. The van der Waals surface area contributed by atoms with E-state index in [1.165, 1.54) is 0 Å². The molecule has 140 valence electrons. The maximum Gasteiger partial charge on any atom is 0.408 e. The fraction of sp³-hybridized carbons (Fsp3) is 0.412. The molecule has 0 aliphatic heterocycles. The van der Waals surface area contributed by atoms with Crippen molar-refractivity contribution < 1.29 is 23.8 Å². The molecule has 2 N–H and O–H groups in total. The first kappa shape index (κ1) is 19.8. The first-order valence-corrected chi connectivity index (χ1v) is 8.93. The van der Waals surface area contributed by atoms with E-state index >= 15 is 0 Å². The molecule has 9 heteroatoms. The van der Waals surface area contributed by atoms with Gasteiger partial charge in [0.1, 0.15) is 17.4 Å². The molecule has 0 radical (unpaired) electrons. The highest BCUT2D eigenvalue weighted by Crippen LogP contribution is 2.23. The van der Waals surface area contributed by atoms with Crippen molar-refractivity contribution in [3.05, 3.63) is 41.8 Å². The molecule has 1 aromatic carbocycles. The largest absolute Gasteiger partial charge is 0.481 e. The van der Waals surface area contributed by atoms with E-state index in [-0.39, 0.29) is 16.9 Å². The average Bonchev–Trinajstić information content (AvgIpc) is 3.00. The maximum absolute atomic E-state index is 12.1. The van der Waals surface area contributed by atoms with Crippen LogP contribution >= 0.6 is 11.8 Å². The van der Waals surface area contributed by atoms with Gasteiger partial charge >= 0.3 is 12.1 Å². The van der Waals surface area contributed by atoms with E-state index in [1.807, 2.05) is 30.3 Å². The summed E-state index contributed by atoms with van der Waals surface area (Å²) in [6.45, 7) is 5.31. The number of carbonyl (C=O) groups excluding carboxylic acids is 1. The molecule has 2 aromatic rings. The Morgan fingerprint density at radius 3 is 2.58 bits per heavy atom. The molecule has 1 amide bonds. The average molecular weight is 379 g/mol. The van der Waals surface area contributed by atoms with E-state index in [9.17, 15) is 9.59 Å². The van der Waals surface area contributed by atoms with Gasteiger partial charge in [-0.1, -0.05) is 42.1 Å². The molecular weight excluding hydrogens is 358 g/mol. The van der Waals surface area contributed by atoms with Gasteiger partial charge in [0, 0.05) is 6.42 Å². The van der Waals surface area contributed by atoms with Crippen molar-refractivity contribution in [1.29, 1.82) is 0 Å². The number of aromatic nitrogens is 2. The molecule has 0 bridgehead atoms. The third kappa shape index (κ3) is 6.75. The lowest BCUT2D eigenvalue weighted by Gasteiger charge is -2.22. The van der Waals surface area contributed by atoms with Crippen LogP contribution in [0.3, 0.4) is 0 Å². The van der Waals surface area contributed by atoms with Crippen LogP contribution in [0, 0.1) is 0 Å². The molecule has 0 aliphatic carbocycles. The Labute approximate surface area is 155 Å². The molecule has 1 atom stereocenters. The minimum atomic E-state index is -0.984. The summed E-state index contributed by atoms with van der Waals surface area (Å²) >= 11 is 0.918. The second-order valence-corrected chi connectivity index (χ2v) is 7.40. The Hall–Kier alpha value is -2.55. The van der Waals surface area contributed by atoms with Crippen LogP contribution in [0.1, 0.15) is 38.3 Å². The second-order valence-electron chi connectivity index (χ2n) is 6.48. The van der Waals surface area contributed by atoms with E-state index in [2.05, 4.69) is 15.5 Å². The Bertz CT molecular complexity index is 742. The monoisotopic (exact) mass is 379 g/mol. The molecule has 0 spiro atoms. The highest BCUT2D eigenvalue weighted by Gasteiger charge is 2.25. The van der Waals surface area contributed by atoms with Gasteiger partial charge in [0.2, 0.25) is 5.89 Å². The van der Waals surface area contributed by atoms with Gasteiger partial charge in [-0.25, -0.2) is 4.79 Å². The van der Waals surface area contributed by atoms with E-state index in [0.29, 0.717) is 6.42 Å². The molecule has 1 aromatic heterocycles. The summed E-state index contributed by atoms with van der Waals surface area (Å²) in [4.78, 5) is 22.8. The van der Waals surface area contributed by atoms with E-state index in [4.69, 9.17) is 14.3 Å². The van der Waals surface area contributed by atoms with Gasteiger partial charge in [-0.3, -0.25) is 4.79 Å². The van der Waals surface area contributed by atoms with Crippen LogP contribution in [0.25, 0.3) is 0 Å². The quantitative estimate of drug-likeness (QED) is 0.706. The minimum Gasteiger partial charge on any atom is -0.481 e.